The van der Waals surface area contributed by atoms with E-state index < -0.39 is 0 Å². The van der Waals surface area contributed by atoms with Crippen molar-refractivity contribution in [1.82, 2.24) is 0 Å². The minimum atomic E-state index is -0.359. The van der Waals surface area contributed by atoms with Crippen LogP contribution in [0.15, 0.2) is 59.6 Å². The Morgan fingerprint density at radius 3 is 2.48 bits per heavy atom. The number of aromatic hydroxyl groups is 1. The van der Waals surface area contributed by atoms with Crippen LogP contribution >= 0.6 is 15.9 Å². The second-order valence-corrected chi connectivity index (χ2v) is 5.68. The third-order valence-corrected chi connectivity index (χ3v) is 3.72. The minimum absolute atomic E-state index is 0.0190. The van der Waals surface area contributed by atoms with Crippen LogP contribution in [0.5, 0.6) is 5.75 Å². The summed E-state index contributed by atoms with van der Waals surface area (Å²) >= 11 is 3.28. The molecule has 6 heteroatoms. The number of carbonyl (C=O) groups is 2. The van der Waals surface area contributed by atoms with Crippen LogP contribution in [0.3, 0.4) is 0 Å². The van der Waals surface area contributed by atoms with Crippen molar-refractivity contribution in [2.24, 2.45) is 0 Å². The summed E-state index contributed by atoms with van der Waals surface area (Å²) < 4.78 is 0.741. The molecule has 0 fully saturated rings. The lowest BCUT2D eigenvalue weighted by Crippen LogP contribution is -2.23. The van der Waals surface area contributed by atoms with E-state index in [1.54, 1.807) is 43.4 Å². The van der Waals surface area contributed by atoms with Crippen molar-refractivity contribution in [2.45, 2.75) is 0 Å². The predicted octanol–water partition coefficient (Wildman–Crippen LogP) is 3.56. The van der Waals surface area contributed by atoms with Crippen LogP contribution in [0, 0.1) is 0 Å². The minimum Gasteiger partial charge on any atom is -0.506 e. The molecule has 0 unspecified atom stereocenters. The van der Waals surface area contributed by atoms with Gasteiger partial charge in [-0.3, -0.25) is 9.59 Å². The van der Waals surface area contributed by atoms with Crippen molar-refractivity contribution in [3.8, 4) is 5.75 Å². The zero-order valence-corrected chi connectivity index (χ0v) is 14.0. The average molecular weight is 375 g/mol. The molecule has 0 saturated heterocycles. The zero-order valence-electron chi connectivity index (χ0n) is 12.4. The summed E-state index contributed by atoms with van der Waals surface area (Å²) in [7, 11) is 1.62. The molecule has 0 heterocycles. The summed E-state index contributed by atoms with van der Waals surface area (Å²) in [5, 5.41) is 12.4. The number of halogens is 1. The normalized spacial score (nSPS) is 10.0. The Morgan fingerprint density at radius 1 is 1.22 bits per heavy atom. The number of anilines is 2. The third-order valence-electron chi connectivity index (χ3n) is 3.23. The number of hydrogen-bond donors (Lipinski definition) is 2. The van der Waals surface area contributed by atoms with Gasteiger partial charge in [0.2, 0.25) is 5.91 Å². The molecule has 0 aliphatic carbocycles. The standard InChI is InChI=1S/C17H15BrN2O3/c1-3-16(22)20(2)13-7-4-11(5-8-13)17(23)19-14-10-12(18)6-9-15(14)21/h3-10,21H,1H2,2H3,(H,19,23). The lowest BCUT2D eigenvalue weighted by atomic mass is 10.1. The molecule has 0 aromatic heterocycles. The Labute approximate surface area is 142 Å². The number of likely N-dealkylation sites (N-methyl/N-ethyl adjacent to an activating group) is 1. The predicted molar refractivity (Wildman–Crippen MR) is 93.8 cm³/mol. The van der Waals surface area contributed by atoms with Crippen LogP contribution in [0.2, 0.25) is 0 Å². The van der Waals surface area contributed by atoms with E-state index in [0.717, 1.165) is 4.47 Å². The SMILES string of the molecule is C=CC(=O)N(C)c1ccc(C(=O)Nc2cc(Br)ccc2O)cc1. The summed E-state index contributed by atoms with van der Waals surface area (Å²) in [6.07, 6.45) is 1.22. The molecule has 2 amide bonds. The molecular weight excluding hydrogens is 360 g/mol. The number of benzene rings is 2. The second kappa shape index (κ2) is 7.11. The second-order valence-electron chi connectivity index (χ2n) is 4.76. The average Bonchev–Trinajstić information content (AvgIpc) is 2.56. The summed E-state index contributed by atoms with van der Waals surface area (Å²) in [5.41, 5.74) is 1.37. The molecule has 2 rings (SSSR count). The number of nitrogens with zero attached hydrogens (tertiary/aromatic N) is 1. The summed E-state index contributed by atoms with van der Waals surface area (Å²) in [6, 6.07) is 11.3. The molecule has 2 aromatic carbocycles. The van der Waals surface area contributed by atoms with Gasteiger partial charge in [-0.05, 0) is 48.5 Å². The first-order valence-electron chi connectivity index (χ1n) is 6.72. The Bertz CT molecular complexity index is 757. The number of amides is 2. The molecule has 118 valence electrons. The summed E-state index contributed by atoms with van der Waals surface area (Å²) in [4.78, 5) is 25.2. The van der Waals surface area contributed by atoms with Gasteiger partial charge in [0, 0.05) is 22.8 Å². The number of carbonyl (C=O) groups excluding carboxylic acids is 2. The fourth-order valence-corrected chi connectivity index (χ4v) is 2.26. The number of rotatable bonds is 4. The van der Waals surface area contributed by atoms with E-state index in [0.29, 0.717) is 16.9 Å². The van der Waals surface area contributed by atoms with Crippen LogP contribution in [0.25, 0.3) is 0 Å². The van der Waals surface area contributed by atoms with Gasteiger partial charge >= 0.3 is 0 Å². The number of phenols is 1. The van der Waals surface area contributed by atoms with Gasteiger partial charge in [0.25, 0.3) is 5.91 Å². The van der Waals surface area contributed by atoms with Crippen molar-refractivity contribution < 1.29 is 14.7 Å². The highest BCUT2D eigenvalue weighted by atomic mass is 79.9. The smallest absolute Gasteiger partial charge is 0.255 e. The molecule has 2 N–H and O–H groups in total. The molecule has 0 aliphatic rings. The molecule has 0 bridgehead atoms. The van der Waals surface area contributed by atoms with Crippen LogP contribution in [-0.4, -0.2) is 24.0 Å². The molecule has 0 saturated carbocycles. The van der Waals surface area contributed by atoms with Crippen molar-refractivity contribution in [3.63, 3.8) is 0 Å². The maximum absolute atomic E-state index is 12.2. The molecule has 23 heavy (non-hydrogen) atoms. The van der Waals surface area contributed by atoms with Crippen LogP contribution < -0.4 is 10.2 Å². The quantitative estimate of drug-likeness (QED) is 0.634. The Balaban J connectivity index is 2.16. The highest BCUT2D eigenvalue weighted by Gasteiger charge is 2.11. The molecule has 2 aromatic rings. The Hall–Kier alpha value is -2.60. The molecule has 0 aliphatic heterocycles. The van der Waals surface area contributed by atoms with E-state index in [1.165, 1.54) is 17.0 Å². The molecule has 0 spiro atoms. The van der Waals surface area contributed by atoms with Crippen LogP contribution in [-0.2, 0) is 4.79 Å². The third kappa shape index (κ3) is 3.98. The van der Waals surface area contributed by atoms with Gasteiger partial charge in [-0.25, -0.2) is 0 Å². The molecular formula is C17H15BrN2O3. The largest absolute Gasteiger partial charge is 0.506 e. The van der Waals surface area contributed by atoms with Gasteiger partial charge < -0.3 is 15.3 Å². The van der Waals surface area contributed by atoms with E-state index in [2.05, 4.69) is 27.8 Å². The number of phenolic OH excluding ortho intramolecular Hbond substituents is 1. The topological polar surface area (TPSA) is 69.6 Å². The fourth-order valence-electron chi connectivity index (χ4n) is 1.90. The highest BCUT2D eigenvalue weighted by Crippen LogP contribution is 2.27. The first-order chi connectivity index (χ1) is 10.9. The van der Waals surface area contributed by atoms with Gasteiger partial charge in [0.15, 0.2) is 0 Å². The van der Waals surface area contributed by atoms with E-state index in [9.17, 15) is 14.7 Å². The van der Waals surface area contributed by atoms with E-state index in [-0.39, 0.29) is 17.6 Å². The maximum atomic E-state index is 12.2. The van der Waals surface area contributed by atoms with E-state index >= 15 is 0 Å². The summed E-state index contributed by atoms with van der Waals surface area (Å²) in [5.74, 6) is -0.613. The summed E-state index contributed by atoms with van der Waals surface area (Å²) in [6.45, 7) is 3.43. The van der Waals surface area contributed by atoms with Gasteiger partial charge in [0.05, 0.1) is 5.69 Å². The zero-order chi connectivity index (χ0) is 17.0. The van der Waals surface area contributed by atoms with Gasteiger partial charge in [0.1, 0.15) is 5.75 Å². The lowest BCUT2D eigenvalue weighted by Gasteiger charge is -2.15. The lowest BCUT2D eigenvalue weighted by molar-refractivity contribution is -0.113. The van der Waals surface area contributed by atoms with Crippen LogP contribution in [0.1, 0.15) is 10.4 Å². The van der Waals surface area contributed by atoms with Crippen molar-refractivity contribution in [2.75, 3.05) is 17.3 Å². The van der Waals surface area contributed by atoms with Crippen LogP contribution in [0.4, 0.5) is 11.4 Å². The number of hydrogen-bond acceptors (Lipinski definition) is 3. The highest BCUT2D eigenvalue weighted by molar-refractivity contribution is 9.10. The molecule has 0 atom stereocenters. The first kappa shape index (κ1) is 16.8. The first-order valence-corrected chi connectivity index (χ1v) is 7.51. The monoisotopic (exact) mass is 374 g/mol. The Morgan fingerprint density at radius 2 is 1.87 bits per heavy atom. The van der Waals surface area contributed by atoms with Gasteiger partial charge in [-0.15, -0.1) is 0 Å². The molecule has 5 nitrogen and oxygen atoms in total. The van der Waals surface area contributed by atoms with E-state index in [4.69, 9.17) is 0 Å². The van der Waals surface area contributed by atoms with E-state index in [1.807, 2.05) is 0 Å². The Kier molecular flexibility index (Phi) is 5.18. The van der Waals surface area contributed by atoms with Crippen molar-refractivity contribution in [3.05, 3.63) is 65.2 Å². The van der Waals surface area contributed by atoms with Gasteiger partial charge in [-0.1, -0.05) is 22.5 Å². The molecule has 0 radical (unpaired) electrons. The fraction of sp³-hybridized carbons (Fsp3) is 0.0588. The van der Waals surface area contributed by atoms with Crippen molar-refractivity contribution in [1.29, 1.82) is 0 Å². The number of nitrogens with one attached hydrogen (secondary N) is 1. The van der Waals surface area contributed by atoms with Gasteiger partial charge in [-0.2, -0.15) is 0 Å². The maximum Gasteiger partial charge on any atom is 0.255 e. The van der Waals surface area contributed by atoms with Crippen molar-refractivity contribution >= 4 is 39.1 Å².